The first-order chi connectivity index (χ1) is 5.59. The van der Waals surface area contributed by atoms with Crippen LogP contribution in [-0.4, -0.2) is 21.0 Å². The van der Waals surface area contributed by atoms with Gasteiger partial charge in [-0.05, 0) is 12.2 Å². The molecule has 0 saturated heterocycles. The topological polar surface area (TPSA) is 110 Å². The summed E-state index contributed by atoms with van der Waals surface area (Å²) in [5.74, 6) is -0.283. The molecule has 1 rings (SSSR count). The van der Waals surface area contributed by atoms with Crippen molar-refractivity contribution in [2.24, 2.45) is 11.5 Å². The van der Waals surface area contributed by atoms with Crippen LogP contribution in [0.3, 0.4) is 0 Å². The summed E-state index contributed by atoms with van der Waals surface area (Å²) in [4.78, 5) is 16.9. The number of rotatable bonds is 2. The number of amides is 1. The molecule has 1 aromatic heterocycles. The Hall–Kier alpha value is -1.63. The fourth-order valence-electron chi connectivity index (χ4n) is 0.627. The van der Waals surface area contributed by atoms with E-state index < -0.39 is 5.91 Å². The van der Waals surface area contributed by atoms with E-state index in [1.807, 2.05) is 0 Å². The number of H-pyrrole nitrogens is 1. The van der Waals surface area contributed by atoms with E-state index in [0.717, 1.165) is 0 Å². The zero-order chi connectivity index (χ0) is 9.14. The minimum Gasteiger partial charge on any atom is -0.376 e. The van der Waals surface area contributed by atoms with Crippen LogP contribution >= 0.6 is 12.2 Å². The van der Waals surface area contributed by atoms with Crippen molar-refractivity contribution in [3.63, 3.8) is 0 Å². The Labute approximate surface area is 73.3 Å². The summed E-state index contributed by atoms with van der Waals surface area (Å²) in [6.45, 7) is 0. The first kappa shape index (κ1) is 8.47. The molecule has 12 heavy (non-hydrogen) atoms. The highest BCUT2D eigenvalue weighted by Crippen LogP contribution is 2.00. The molecule has 0 bridgehead atoms. The van der Waals surface area contributed by atoms with Crippen molar-refractivity contribution in [2.45, 2.75) is 0 Å². The average Bonchev–Trinajstić information content (AvgIpc) is 2.34. The fourth-order valence-corrected chi connectivity index (χ4v) is 0.723. The number of anilines is 1. The van der Waals surface area contributed by atoms with Crippen LogP contribution in [0.2, 0.25) is 0 Å². The van der Waals surface area contributed by atoms with E-state index in [1.54, 1.807) is 0 Å². The lowest BCUT2D eigenvalue weighted by atomic mass is 10.5. The molecule has 7 heteroatoms. The van der Waals surface area contributed by atoms with E-state index in [2.05, 4.69) is 27.5 Å². The lowest BCUT2D eigenvalue weighted by Crippen LogP contribution is -2.20. The van der Waals surface area contributed by atoms with Gasteiger partial charge in [-0.25, -0.2) is 4.98 Å². The second kappa shape index (κ2) is 3.18. The van der Waals surface area contributed by atoms with Crippen LogP contribution in [0.1, 0.15) is 10.5 Å². The molecule has 64 valence electrons. The third-order valence-corrected chi connectivity index (χ3v) is 1.18. The highest BCUT2D eigenvalue weighted by molar-refractivity contribution is 7.80. The molecule has 0 unspecified atom stereocenters. The summed E-state index contributed by atoms with van der Waals surface area (Å²) >= 11 is 4.54. The van der Waals surface area contributed by atoms with Crippen LogP contribution in [0.25, 0.3) is 0 Å². The number of nitrogens with zero attached hydrogens (tertiary/aromatic N) is 1. The molecule has 0 aliphatic rings. The second-order valence-corrected chi connectivity index (χ2v) is 2.44. The van der Waals surface area contributed by atoms with Gasteiger partial charge in [0.2, 0.25) is 5.95 Å². The summed E-state index contributed by atoms with van der Waals surface area (Å²) in [6.07, 6.45) is 1.29. The molecule has 0 aromatic carbocycles. The van der Waals surface area contributed by atoms with Crippen LogP contribution in [0.5, 0.6) is 0 Å². The number of nitrogens with one attached hydrogen (secondary N) is 2. The summed E-state index contributed by atoms with van der Waals surface area (Å²) in [5, 5.41) is 2.58. The Balaban J connectivity index is 2.77. The van der Waals surface area contributed by atoms with Crippen molar-refractivity contribution >= 4 is 29.2 Å². The number of primary amides is 1. The normalized spacial score (nSPS) is 9.33. The number of carbonyl (C=O) groups is 1. The molecule has 0 saturated carbocycles. The van der Waals surface area contributed by atoms with Crippen LogP contribution < -0.4 is 16.8 Å². The van der Waals surface area contributed by atoms with E-state index in [1.165, 1.54) is 6.20 Å². The second-order valence-electron chi connectivity index (χ2n) is 2.00. The van der Waals surface area contributed by atoms with E-state index in [-0.39, 0.29) is 10.8 Å². The molecule has 0 spiro atoms. The van der Waals surface area contributed by atoms with Crippen LogP contribution in [0.4, 0.5) is 5.95 Å². The van der Waals surface area contributed by atoms with Gasteiger partial charge in [0, 0.05) is 0 Å². The Morgan fingerprint density at radius 3 is 2.75 bits per heavy atom. The van der Waals surface area contributed by atoms with Gasteiger partial charge in [-0.1, -0.05) is 0 Å². The lowest BCUT2D eigenvalue weighted by molar-refractivity contribution is 0.0996. The maximum atomic E-state index is 10.6. The molecular weight excluding hydrogens is 178 g/mol. The standard InChI is InChI=1S/C5H7N5OS/c6-3(11)2-1-8-5(9-2)10-4(7)12/h1H,(H2,6,11)(H4,7,8,9,10,12). The fraction of sp³-hybridized carbons (Fsp3) is 0. The summed E-state index contributed by atoms with van der Waals surface area (Å²) < 4.78 is 0. The first-order valence-electron chi connectivity index (χ1n) is 3.01. The first-order valence-corrected chi connectivity index (χ1v) is 3.41. The smallest absolute Gasteiger partial charge is 0.266 e. The number of imidazole rings is 1. The Morgan fingerprint density at radius 1 is 1.67 bits per heavy atom. The van der Waals surface area contributed by atoms with Gasteiger partial charge in [-0.15, -0.1) is 0 Å². The molecule has 0 radical (unpaired) electrons. The molecule has 6 nitrogen and oxygen atoms in total. The highest BCUT2D eigenvalue weighted by atomic mass is 32.1. The molecule has 0 aliphatic carbocycles. The summed E-state index contributed by atoms with van der Waals surface area (Å²) in [7, 11) is 0. The number of carbonyl (C=O) groups excluding carboxylic acids is 1. The van der Waals surface area contributed by atoms with Gasteiger partial charge in [0.1, 0.15) is 5.69 Å². The van der Waals surface area contributed by atoms with Gasteiger partial charge in [0.15, 0.2) is 5.11 Å². The number of thiocarbonyl (C=S) groups is 1. The van der Waals surface area contributed by atoms with Crippen molar-refractivity contribution in [2.75, 3.05) is 5.32 Å². The van der Waals surface area contributed by atoms with Crippen molar-refractivity contribution in [1.29, 1.82) is 0 Å². The maximum absolute atomic E-state index is 10.6. The van der Waals surface area contributed by atoms with Gasteiger partial charge in [0.05, 0.1) is 6.20 Å². The van der Waals surface area contributed by atoms with Gasteiger partial charge in [-0.3, -0.25) is 4.79 Å². The van der Waals surface area contributed by atoms with Crippen LogP contribution in [0, 0.1) is 0 Å². The molecule has 6 N–H and O–H groups in total. The molecule has 1 amide bonds. The highest BCUT2D eigenvalue weighted by Gasteiger charge is 2.04. The number of hydrogen-bond acceptors (Lipinski definition) is 3. The van der Waals surface area contributed by atoms with Gasteiger partial charge in [0.25, 0.3) is 5.91 Å². The van der Waals surface area contributed by atoms with Crippen molar-refractivity contribution < 1.29 is 4.79 Å². The van der Waals surface area contributed by atoms with E-state index >= 15 is 0 Å². The van der Waals surface area contributed by atoms with Gasteiger partial charge < -0.3 is 21.8 Å². The number of aromatic amines is 1. The van der Waals surface area contributed by atoms with E-state index in [0.29, 0.717) is 5.95 Å². The largest absolute Gasteiger partial charge is 0.376 e. The molecule has 0 fully saturated rings. The van der Waals surface area contributed by atoms with Crippen LogP contribution in [-0.2, 0) is 0 Å². The zero-order valence-corrected chi connectivity index (χ0v) is 6.81. The Morgan fingerprint density at radius 2 is 2.33 bits per heavy atom. The molecule has 0 atom stereocenters. The van der Waals surface area contributed by atoms with E-state index in [9.17, 15) is 4.79 Å². The molecule has 1 heterocycles. The molecule has 0 aliphatic heterocycles. The minimum absolute atomic E-state index is 0.0698. The molecular formula is C5H7N5OS. The SMILES string of the molecule is NC(=O)c1cnc(NC(N)=S)[nH]1. The number of aromatic nitrogens is 2. The van der Waals surface area contributed by atoms with Gasteiger partial charge >= 0.3 is 0 Å². The van der Waals surface area contributed by atoms with Crippen LogP contribution in [0.15, 0.2) is 6.20 Å². The molecule has 1 aromatic rings. The third-order valence-electron chi connectivity index (χ3n) is 1.08. The predicted molar refractivity (Wildman–Crippen MR) is 47.5 cm³/mol. The Bertz CT molecular complexity index is 319. The lowest BCUT2D eigenvalue weighted by Gasteiger charge is -1.96. The quantitative estimate of drug-likeness (QED) is 0.449. The third kappa shape index (κ3) is 1.92. The minimum atomic E-state index is -0.585. The van der Waals surface area contributed by atoms with Crippen molar-refractivity contribution in [1.82, 2.24) is 9.97 Å². The predicted octanol–water partition coefficient (Wildman–Crippen LogP) is -0.836. The summed E-state index contributed by atoms with van der Waals surface area (Å²) in [6, 6.07) is 0. The van der Waals surface area contributed by atoms with E-state index in [4.69, 9.17) is 11.5 Å². The van der Waals surface area contributed by atoms with Crippen molar-refractivity contribution in [3.8, 4) is 0 Å². The van der Waals surface area contributed by atoms with Gasteiger partial charge in [-0.2, -0.15) is 0 Å². The number of nitrogens with two attached hydrogens (primary N) is 2. The maximum Gasteiger partial charge on any atom is 0.266 e. The Kier molecular flexibility index (Phi) is 2.24. The number of hydrogen-bond donors (Lipinski definition) is 4. The average molecular weight is 185 g/mol. The van der Waals surface area contributed by atoms with Crippen molar-refractivity contribution in [3.05, 3.63) is 11.9 Å². The zero-order valence-electron chi connectivity index (χ0n) is 6.00. The summed E-state index contributed by atoms with van der Waals surface area (Å²) in [5.41, 5.74) is 10.3. The monoisotopic (exact) mass is 185 g/mol.